The van der Waals surface area contributed by atoms with Gasteiger partial charge in [-0.1, -0.05) is 24.3 Å². The van der Waals surface area contributed by atoms with Crippen molar-refractivity contribution < 1.29 is 19.1 Å². The number of nitriles is 1. The number of methoxy groups -OCH3 is 1. The Morgan fingerprint density at radius 3 is 2.60 bits per heavy atom. The van der Waals surface area contributed by atoms with Gasteiger partial charge >= 0.3 is 12.1 Å². The number of alkyl carbamates (subject to hydrolysis) is 1. The first kappa shape index (κ1) is 30.8. The number of fused-ring (bicyclic) bond motifs is 1. The van der Waals surface area contributed by atoms with Crippen LogP contribution in [0.15, 0.2) is 85.6 Å². The maximum absolute atomic E-state index is 13.0. The van der Waals surface area contributed by atoms with Gasteiger partial charge < -0.3 is 25.1 Å². The molecule has 0 saturated carbocycles. The van der Waals surface area contributed by atoms with Crippen molar-refractivity contribution >= 4 is 28.7 Å². The maximum Gasteiger partial charge on any atom is 0.407 e. The number of nitrogens with one attached hydrogen (secondary N) is 3. The number of pyridine rings is 1. The van der Waals surface area contributed by atoms with Gasteiger partial charge in [-0.05, 0) is 74.2 Å². The molecule has 5 rings (SSSR count). The Balaban J connectivity index is 1.43. The second-order valence-electron chi connectivity index (χ2n) is 11.6. The SMILES string of the molecule is COC(=O)c1cc(-c2cnn(Cc3ccncc3)c2)ccc1N[C@@H](C#N)[C@H](Cc1c[nH]c2ccccc12)NC(=O)OC(C)(C)C. The molecule has 0 saturated heterocycles. The van der Waals surface area contributed by atoms with Crippen LogP contribution in [0.25, 0.3) is 22.0 Å². The molecule has 11 heteroatoms. The highest BCUT2D eigenvalue weighted by molar-refractivity contribution is 5.97. The van der Waals surface area contributed by atoms with Crippen molar-refractivity contribution in [2.45, 2.75) is 51.4 Å². The second kappa shape index (κ2) is 13.3. The number of anilines is 1. The molecule has 0 aliphatic carbocycles. The predicted octanol–water partition coefficient (Wildman–Crippen LogP) is 5.70. The van der Waals surface area contributed by atoms with Gasteiger partial charge in [0.25, 0.3) is 0 Å². The molecule has 3 heterocycles. The average Bonchev–Trinajstić information content (AvgIpc) is 3.66. The highest BCUT2D eigenvalue weighted by Gasteiger charge is 2.28. The molecule has 11 nitrogen and oxygen atoms in total. The lowest BCUT2D eigenvalue weighted by atomic mass is 9.98. The van der Waals surface area contributed by atoms with Gasteiger partial charge in [0.15, 0.2) is 0 Å². The van der Waals surface area contributed by atoms with Crippen LogP contribution in [0.2, 0.25) is 0 Å². The van der Waals surface area contributed by atoms with Crippen molar-refractivity contribution in [3.05, 3.63) is 102 Å². The highest BCUT2D eigenvalue weighted by Crippen LogP contribution is 2.28. The van der Waals surface area contributed by atoms with Crippen LogP contribution in [-0.4, -0.2) is 56.6 Å². The van der Waals surface area contributed by atoms with Gasteiger partial charge in [0, 0.05) is 46.9 Å². The van der Waals surface area contributed by atoms with E-state index in [1.165, 1.54) is 7.11 Å². The normalized spacial score (nSPS) is 12.6. The molecule has 1 amide bonds. The van der Waals surface area contributed by atoms with Crippen LogP contribution in [0.4, 0.5) is 10.5 Å². The van der Waals surface area contributed by atoms with E-state index >= 15 is 0 Å². The van der Waals surface area contributed by atoms with Gasteiger partial charge in [0.2, 0.25) is 0 Å². The zero-order valence-corrected chi connectivity index (χ0v) is 25.6. The third-order valence-electron chi connectivity index (χ3n) is 7.15. The van der Waals surface area contributed by atoms with Gasteiger partial charge in [-0.2, -0.15) is 10.4 Å². The third kappa shape index (κ3) is 7.67. The molecule has 45 heavy (non-hydrogen) atoms. The van der Waals surface area contributed by atoms with E-state index in [1.807, 2.05) is 54.9 Å². The minimum Gasteiger partial charge on any atom is -0.465 e. The number of hydrogen-bond acceptors (Lipinski definition) is 8. The fourth-order valence-corrected chi connectivity index (χ4v) is 5.04. The van der Waals surface area contributed by atoms with Crippen molar-refractivity contribution in [2.75, 3.05) is 12.4 Å². The summed E-state index contributed by atoms with van der Waals surface area (Å²) >= 11 is 0. The van der Waals surface area contributed by atoms with E-state index in [0.717, 1.165) is 33.2 Å². The van der Waals surface area contributed by atoms with E-state index in [9.17, 15) is 14.9 Å². The smallest absolute Gasteiger partial charge is 0.407 e. The highest BCUT2D eigenvalue weighted by atomic mass is 16.6. The number of esters is 1. The van der Waals surface area contributed by atoms with Crippen LogP contribution < -0.4 is 10.6 Å². The summed E-state index contributed by atoms with van der Waals surface area (Å²) in [6, 6.07) is 17.5. The number of rotatable bonds is 10. The molecule has 230 valence electrons. The molecule has 0 aliphatic rings. The largest absolute Gasteiger partial charge is 0.465 e. The number of hydrogen-bond donors (Lipinski definition) is 3. The first-order valence-corrected chi connectivity index (χ1v) is 14.5. The van der Waals surface area contributed by atoms with E-state index in [2.05, 4.69) is 31.8 Å². The minimum atomic E-state index is -0.941. The van der Waals surface area contributed by atoms with Crippen molar-refractivity contribution in [2.24, 2.45) is 0 Å². The summed E-state index contributed by atoms with van der Waals surface area (Å²) in [5.41, 5.74) is 4.36. The molecule has 2 aromatic carbocycles. The van der Waals surface area contributed by atoms with Gasteiger partial charge in [-0.15, -0.1) is 0 Å². The molecule has 3 aromatic heterocycles. The topological polar surface area (TPSA) is 147 Å². The Morgan fingerprint density at radius 2 is 1.87 bits per heavy atom. The van der Waals surface area contributed by atoms with Crippen LogP contribution in [0.1, 0.15) is 42.3 Å². The molecule has 5 aromatic rings. The standard InChI is InChI=1S/C34H35N7O4/c1-34(2,3)45-33(43)40-30(16-24-18-37-28-8-6-5-7-26(24)28)31(17-35)39-29-10-9-23(15-27(29)32(42)44-4)25-19-38-41(21-25)20-22-11-13-36-14-12-22/h5-15,18-19,21,30-31,37,39H,16,20H2,1-4H3,(H,40,43)/t30-,31-/m0/s1. The fourth-order valence-electron chi connectivity index (χ4n) is 5.04. The fraction of sp³-hybridized carbons (Fsp3) is 0.265. The zero-order valence-electron chi connectivity index (χ0n) is 25.6. The molecule has 0 spiro atoms. The maximum atomic E-state index is 13.0. The number of benzene rings is 2. The Bertz CT molecular complexity index is 1830. The molecule has 0 radical (unpaired) electrons. The number of carbonyl (C=O) groups excluding carboxylic acids is 2. The third-order valence-corrected chi connectivity index (χ3v) is 7.15. The molecular weight excluding hydrogens is 570 g/mol. The molecule has 3 N–H and O–H groups in total. The summed E-state index contributed by atoms with van der Waals surface area (Å²) in [7, 11) is 1.30. The number of H-pyrrole nitrogens is 1. The average molecular weight is 606 g/mol. The minimum absolute atomic E-state index is 0.236. The van der Waals surface area contributed by atoms with E-state index < -0.39 is 29.7 Å². The van der Waals surface area contributed by atoms with Crippen molar-refractivity contribution in [3.8, 4) is 17.2 Å². The lowest BCUT2D eigenvalue weighted by Crippen LogP contribution is -2.49. The first-order chi connectivity index (χ1) is 21.6. The van der Waals surface area contributed by atoms with Crippen molar-refractivity contribution in [3.63, 3.8) is 0 Å². The second-order valence-corrected chi connectivity index (χ2v) is 11.6. The monoisotopic (exact) mass is 605 g/mol. The summed E-state index contributed by atoms with van der Waals surface area (Å²) in [5.74, 6) is -0.575. The van der Waals surface area contributed by atoms with E-state index in [-0.39, 0.29) is 5.56 Å². The Labute approximate surface area is 261 Å². The molecule has 2 atom stereocenters. The van der Waals surface area contributed by atoms with Gasteiger partial charge in [-0.25, -0.2) is 9.59 Å². The van der Waals surface area contributed by atoms with E-state index in [1.54, 1.807) is 56.2 Å². The number of ether oxygens (including phenoxy) is 2. The number of carbonyl (C=O) groups is 2. The van der Waals surface area contributed by atoms with Gasteiger partial charge in [0.05, 0.1) is 37.5 Å². The first-order valence-electron chi connectivity index (χ1n) is 14.5. The number of nitrogens with zero attached hydrogens (tertiary/aromatic N) is 4. The molecule has 0 fully saturated rings. The number of aromatic nitrogens is 4. The van der Waals surface area contributed by atoms with Gasteiger partial charge in [0.1, 0.15) is 11.6 Å². The predicted molar refractivity (Wildman–Crippen MR) is 171 cm³/mol. The van der Waals surface area contributed by atoms with Crippen LogP contribution in [0.3, 0.4) is 0 Å². The summed E-state index contributed by atoms with van der Waals surface area (Å²) in [5, 5.41) is 21.9. The summed E-state index contributed by atoms with van der Waals surface area (Å²) < 4.78 is 12.4. The van der Waals surface area contributed by atoms with Crippen LogP contribution in [-0.2, 0) is 22.4 Å². The number of aromatic amines is 1. The number of para-hydroxylation sites is 1. The Morgan fingerprint density at radius 1 is 1.09 bits per heavy atom. The lowest BCUT2D eigenvalue weighted by Gasteiger charge is -2.27. The van der Waals surface area contributed by atoms with E-state index in [4.69, 9.17) is 9.47 Å². The molecule has 0 bridgehead atoms. The zero-order chi connectivity index (χ0) is 32.0. The summed E-state index contributed by atoms with van der Waals surface area (Å²) in [6.07, 6.45) is 8.62. The van der Waals surface area contributed by atoms with E-state index in [0.29, 0.717) is 18.7 Å². The summed E-state index contributed by atoms with van der Waals surface area (Å²) in [6.45, 7) is 5.88. The quantitative estimate of drug-likeness (QED) is 0.172. The van der Waals surface area contributed by atoms with Crippen molar-refractivity contribution in [1.29, 1.82) is 5.26 Å². The van der Waals surface area contributed by atoms with Crippen LogP contribution in [0.5, 0.6) is 0 Å². The van der Waals surface area contributed by atoms with Crippen LogP contribution in [0, 0.1) is 11.3 Å². The Kier molecular flexibility index (Phi) is 9.14. The van der Waals surface area contributed by atoms with Crippen molar-refractivity contribution in [1.82, 2.24) is 25.1 Å². The lowest BCUT2D eigenvalue weighted by molar-refractivity contribution is 0.0501. The Hall–Kier alpha value is -5.63. The van der Waals surface area contributed by atoms with Crippen LogP contribution >= 0.6 is 0 Å². The summed E-state index contributed by atoms with van der Waals surface area (Å²) in [4.78, 5) is 33.2. The number of amides is 1. The molecular formula is C34H35N7O4. The molecule has 0 aliphatic heterocycles. The molecule has 0 unspecified atom stereocenters. The van der Waals surface area contributed by atoms with Gasteiger partial charge in [-0.3, -0.25) is 9.67 Å².